The maximum atomic E-state index is 12.0. The van der Waals surface area contributed by atoms with Crippen LogP contribution in [0, 0.1) is 0 Å². The summed E-state index contributed by atoms with van der Waals surface area (Å²) in [4.78, 5) is 16.0. The Hall–Kier alpha value is -2.76. The summed E-state index contributed by atoms with van der Waals surface area (Å²) in [6.45, 7) is 0.391. The lowest BCUT2D eigenvalue weighted by Crippen LogP contribution is -2.23. The summed E-state index contributed by atoms with van der Waals surface area (Å²) >= 11 is 0. The molecule has 2 aromatic rings. The summed E-state index contributed by atoms with van der Waals surface area (Å²) in [5, 5.41) is 2.90. The van der Waals surface area contributed by atoms with Gasteiger partial charge in [-0.15, -0.1) is 0 Å². The zero-order valence-electron chi connectivity index (χ0n) is 14.2. The molecular formula is C18H22N2O4. The molecule has 6 nitrogen and oxygen atoms in total. The molecule has 0 atom stereocenters. The SMILES string of the molecule is COc1cc(CNC(=O)CCc2cccnc2)cc(OC)c1OC. The zero-order chi connectivity index (χ0) is 17.4. The molecule has 0 aliphatic carbocycles. The van der Waals surface area contributed by atoms with Gasteiger partial charge in [0.15, 0.2) is 11.5 Å². The van der Waals surface area contributed by atoms with E-state index in [1.54, 1.807) is 33.7 Å². The second kappa shape index (κ2) is 8.76. The minimum absolute atomic E-state index is 0.0207. The molecule has 0 bridgehead atoms. The quantitative estimate of drug-likeness (QED) is 0.804. The van der Waals surface area contributed by atoms with Gasteiger partial charge in [0.1, 0.15) is 0 Å². The Morgan fingerprint density at radius 3 is 2.33 bits per heavy atom. The number of nitrogens with one attached hydrogen (secondary N) is 1. The second-order valence-corrected chi connectivity index (χ2v) is 5.17. The third-order valence-electron chi connectivity index (χ3n) is 3.58. The molecule has 0 unspecified atom stereocenters. The second-order valence-electron chi connectivity index (χ2n) is 5.17. The molecule has 24 heavy (non-hydrogen) atoms. The van der Waals surface area contributed by atoms with Crippen LogP contribution < -0.4 is 19.5 Å². The Morgan fingerprint density at radius 2 is 1.79 bits per heavy atom. The first kappa shape index (κ1) is 17.6. The molecule has 1 aromatic carbocycles. The Balaban J connectivity index is 1.94. The Morgan fingerprint density at radius 1 is 1.08 bits per heavy atom. The predicted octanol–water partition coefficient (Wildman–Crippen LogP) is 2.36. The first-order chi connectivity index (χ1) is 11.7. The molecule has 0 fully saturated rings. The Kier molecular flexibility index (Phi) is 6.42. The van der Waals surface area contributed by atoms with Crippen molar-refractivity contribution in [3.8, 4) is 17.2 Å². The van der Waals surface area contributed by atoms with Gasteiger partial charge in [0.25, 0.3) is 0 Å². The lowest BCUT2D eigenvalue weighted by atomic mass is 10.1. The van der Waals surface area contributed by atoms with Crippen LogP contribution in [0.2, 0.25) is 0 Å². The smallest absolute Gasteiger partial charge is 0.220 e. The van der Waals surface area contributed by atoms with Gasteiger partial charge in [-0.05, 0) is 35.7 Å². The van der Waals surface area contributed by atoms with Crippen molar-refractivity contribution in [1.29, 1.82) is 0 Å². The molecule has 0 spiro atoms. The van der Waals surface area contributed by atoms with Gasteiger partial charge in [0, 0.05) is 25.4 Å². The molecule has 6 heteroatoms. The fourth-order valence-electron chi connectivity index (χ4n) is 2.33. The van der Waals surface area contributed by atoms with Crippen molar-refractivity contribution in [2.75, 3.05) is 21.3 Å². The molecule has 1 N–H and O–H groups in total. The molecule has 128 valence electrons. The van der Waals surface area contributed by atoms with Crippen LogP contribution in [0.3, 0.4) is 0 Å². The van der Waals surface area contributed by atoms with Gasteiger partial charge in [-0.2, -0.15) is 0 Å². The molecule has 1 amide bonds. The Labute approximate surface area is 141 Å². The van der Waals surface area contributed by atoms with Crippen LogP contribution >= 0.6 is 0 Å². The summed E-state index contributed by atoms with van der Waals surface area (Å²) < 4.78 is 15.9. The average Bonchev–Trinajstić information content (AvgIpc) is 2.64. The first-order valence-corrected chi connectivity index (χ1v) is 7.62. The van der Waals surface area contributed by atoms with Gasteiger partial charge in [-0.25, -0.2) is 0 Å². The van der Waals surface area contributed by atoms with Crippen molar-refractivity contribution in [3.63, 3.8) is 0 Å². The fourth-order valence-corrected chi connectivity index (χ4v) is 2.33. The number of carbonyl (C=O) groups is 1. The number of hydrogen-bond donors (Lipinski definition) is 1. The van der Waals surface area contributed by atoms with E-state index in [4.69, 9.17) is 14.2 Å². The lowest BCUT2D eigenvalue weighted by Gasteiger charge is -2.14. The van der Waals surface area contributed by atoms with E-state index >= 15 is 0 Å². The highest BCUT2D eigenvalue weighted by Crippen LogP contribution is 2.38. The standard InChI is InChI=1S/C18H22N2O4/c1-22-15-9-14(10-16(23-2)18(15)24-3)12-20-17(21)7-6-13-5-4-8-19-11-13/h4-5,8-11H,6-7,12H2,1-3H3,(H,20,21). The van der Waals surface area contributed by atoms with E-state index in [1.165, 1.54) is 0 Å². The van der Waals surface area contributed by atoms with Gasteiger partial charge < -0.3 is 19.5 Å². The number of carbonyl (C=O) groups excluding carboxylic acids is 1. The summed E-state index contributed by atoms with van der Waals surface area (Å²) in [6, 6.07) is 7.47. The fraction of sp³-hybridized carbons (Fsp3) is 0.333. The molecule has 0 aliphatic rings. The molecule has 1 heterocycles. The summed E-state index contributed by atoms with van der Waals surface area (Å²) in [7, 11) is 4.68. The number of rotatable bonds is 8. The van der Waals surface area contributed by atoms with Crippen molar-refractivity contribution >= 4 is 5.91 Å². The van der Waals surface area contributed by atoms with E-state index in [1.807, 2.05) is 24.3 Å². The number of methoxy groups -OCH3 is 3. The predicted molar refractivity (Wildman–Crippen MR) is 90.5 cm³/mol. The monoisotopic (exact) mass is 330 g/mol. The number of nitrogens with zero attached hydrogens (tertiary/aromatic N) is 1. The topological polar surface area (TPSA) is 69.7 Å². The van der Waals surface area contributed by atoms with Crippen LogP contribution in [0.15, 0.2) is 36.7 Å². The number of pyridine rings is 1. The van der Waals surface area contributed by atoms with Crippen LogP contribution in [-0.2, 0) is 17.8 Å². The highest BCUT2D eigenvalue weighted by molar-refractivity contribution is 5.76. The summed E-state index contributed by atoms with van der Waals surface area (Å²) in [6.07, 6.45) is 4.56. The maximum absolute atomic E-state index is 12.0. The van der Waals surface area contributed by atoms with Crippen LogP contribution in [0.25, 0.3) is 0 Å². The molecule has 0 saturated carbocycles. The van der Waals surface area contributed by atoms with Crippen LogP contribution in [-0.4, -0.2) is 32.2 Å². The zero-order valence-corrected chi connectivity index (χ0v) is 14.2. The van der Waals surface area contributed by atoms with E-state index in [0.29, 0.717) is 36.6 Å². The van der Waals surface area contributed by atoms with Gasteiger partial charge in [-0.3, -0.25) is 9.78 Å². The van der Waals surface area contributed by atoms with E-state index in [2.05, 4.69) is 10.3 Å². The summed E-state index contributed by atoms with van der Waals surface area (Å²) in [5.41, 5.74) is 1.92. The minimum Gasteiger partial charge on any atom is -0.493 e. The third kappa shape index (κ3) is 4.62. The van der Waals surface area contributed by atoms with E-state index in [0.717, 1.165) is 11.1 Å². The number of aryl methyl sites for hydroxylation is 1. The maximum Gasteiger partial charge on any atom is 0.220 e. The molecule has 2 rings (SSSR count). The summed E-state index contributed by atoms with van der Waals surface area (Å²) in [5.74, 6) is 1.65. The van der Waals surface area contributed by atoms with Gasteiger partial charge in [0.2, 0.25) is 11.7 Å². The number of amides is 1. The largest absolute Gasteiger partial charge is 0.493 e. The van der Waals surface area contributed by atoms with Gasteiger partial charge in [-0.1, -0.05) is 6.07 Å². The minimum atomic E-state index is -0.0207. The number of benzene rings is 1. The third-order valence-corrected chi connectivity index (χ3v) is 3.58. The van der Waals surface area contributed by atoms with Crippen molar-refractivity contribution in [3.05, 3.63) is 47.8 Å². The van der Waals surface area contributed by atoms with E-state index in [9.17, 15) is 4.79 Å². The number of ether oxygens (including phenoxy) is 3. The number of aromatic nitrogens is 1. The molecular weight excluding hydrogens is 308 g/mol. The van der Waals surface area contributed by atoms with Crippen molar-refractivity contribution in [1.82, 2.24) is 10.3 Å². The van der Waals surface area contributed by atoms with Crippen LogP contribution in [0.5, 0.6) is 17.2 Å². The molecule has 0 saturated heterocycles. The van der Waals surface area contributed by atoms with Crippen LogP contribution in [0.1, 0.15) is 17.5 Å². The van der Waals surface area contributed by atoms with Gasteiger partial charge in [0.05, 0.1) is 21.3 Å². The highest BCUT2D eigenvalue weighted by atomic mass is 16.5. The Bertz CT molecular complexity index is 649. The molecule has 1 aromatic heterocycles. The van der Waals surface area contributed by atoms with Crippen molar-refractivity contribution < 1.29 is 19.0 Å². The average molecular weight is 330 g/mol. The number of hydrogen-bond acceptors (Lipinski definition) is 5. The normalized spacial score (nSPS) is 10.1. The van der Waals surface area contributed by atoms with Crippen molar-refractivity contribution in [2.45, 2.75) is 19.4 Å². The van der Waals surface area contributed by atoms with E-state index < -0.39 is 0 Å². The van der Waals surface area contributed by atoms with Crippen LogP contribution in [0.4, 0.5) is 0 Å². The molecule has 0 radical (unpaired) electrons. The van der Waals surface area contributed by atoms with E-state index in [-0.39, 0.29) is 5.91 Å². The highest BCUT2D eigenvalue weighted by Gasteiger charge is 2.13. The van der Waals surface area contributed by atoms with Gasteiger partial charge >= 0.3 is 0 Å². The lowest BCUT2D eigenvalue weighted by molar-refractivity contribution is -0.121. The van der Waals surface area contributed by atoms with Crippen molar-refractivity contribution in [2.24, 2.45) is 0 Å². The first-order valence-electron chi connectivity index (χ1n) is 7.62. The molecule has 0 aliphatic heterocycles.